The SMILES string of the molecule is Clc1ccc(Oc2ccc(-c3ccccc3)cc2Cl)nc1. The van der Waals surface area contributed by atoms with Crippen LogP contribution in [0.1, 0.15) is 0 Å². The smallest absolute Gasteiger partial charge is 0.219 e. The second kappa shape index (κ2) is 6.17. The molecule has 21 heavy (non-hydrogen) atoms. The van der Waals surface area contributed by atoms with Crippen LogP contribution >= 0.6 is 23.2 Å². The summed E-state index contributed by atoms with van der Waals surface area (Å²) in [6.07, 6.45) is 1.53. The van der Waals surface area contributed by atoms with Gasteiger partial charge in [-0.15, -0.1) is 0 Å². The lowest BCUT2D eigenvalue weighted by Crippen LogP contribution is -1.88. The number of rotatable bonds is 3. The maximum atomic E-state index is 6.28. The average molecular weight is 316 g/mol. The van der Waals surface area contributed by atoms with Crippen molar-refractivity contribution in [3.05, 3.63) is 76.9 Å². The van der Waals surface area contributed by atoms with Crippen molar-refractivity contribution >= 4 is 23.2 Å². The molecular weight excluding hydrogens is 305 g/mol. The number of ether oxygens (including phenoxy) is 1. The van der Waals surface area contributed by atoms with Crippen LogP contribution in [0, 0.1) is 0 Å². The molecule has 1 heterocycles. The quantitative estimate of drug-likeness (QED) is 0.605. The van der Waals surface area contributed by atoms with Gasteiger partial charge in [-0.3, -0.25) is 0 Å². The minimum absolute atomic E-state index is 0.453. The Kier molecular flexibility index (Phi) is 4.09. The molecule has 2 aromatic carbocycles. The zero-order valence-electron chi connectivity index (χ0n) is 11.0. The van der Waals surface area contributed by atoms with E-state index in [1.807, 2.05) is 48.5 Å². The van der Waals surface area contributed by atoms with Gasteiger partial charge < -0.3 is 4.74 Å². The van der Waals surface area contributed by atoms with E-state index < -0.39 is 0 Å². The van der Waals surface area contributed by atoms with E-state index in [9.17, 15) is 0 Å². The van der Waals surface area contributed by atoms with Crippen molar-refractivity contribution in [3.8, 4) is 22.8 Å². The van der Waals surface area contributed by atoms with Crippen molar-refractivity contribution in [2.24, 2.45) is 0 Å². The summed E-state index contributed by atoms with van der Waals surface area (Å²) in [5.74, 6) is 1.01. The minimum Gasteiger partial charge on any atom is -0.437 e. The van der Waals surface area contributed by atoms with E-state index in [1.54, 1.807) is 12.1 Å². The van der Waals surface area contributed by atoms with Gasteiger partial charge in [-0.05, 0) is 29.3 Å². The highest BCUT2D eigenvalue weighted by Gasteiger charge is 2.06. The lowest BCUT2D eigenvalue weighted by Gasteiger charge is -2.08. The summed E-state index contributed by atoms with van der Waals surface area (Å²) < 4.78 is 5.65. The molecule has 0 aliphatic carbocycles. The second-order valence-electron chi connectivity index (χ2n) is 4.43. The van der Waals surface area contributed by atoms with Gasteiger partial charge in [0.05, 0.1) is 10.0 Å². The van der Waals surface area contributed by atoms with Crippen molar-refractivity contribution in [1.82, 2.24) is 4.98 Å². The van der Waals surface area contributed by atoms with E-state index >= 15 is 0 Å². The molecule has 104 valence electrons. The normalized spacial score (nSPS) is 10.4. The van der Waals surface area contributed by atoms with E-state index in [2.05, 4.69) is 4.98 Å². The Bertz CT molecular complexity index is 742. The van der Waals surface area contributed by atoms with Gasteiger partial charge in [0.1, 0.15) is 5.75 Å². The van der Waals surface area contributed by atoms with Crippen molar-refractivity contribution in [2.45, 2.75) is 0 Å². The first-order chi connectivity index (χ1) is 10.2. The summed E-state index contributed by atoms with van der Waals surface area (Å²) in [6.45, 7) is 0. The topological polar surface area (TPSA) is 22.1 Å². The molecule has 0 aliphatic rings. The summed E-state index contributed by atoms with van der Waals surface area (Å²) >= 11 is 12.1. The third-order valence-electron chi connectivity index (χ3n) is 2.95. The Balaban J connectivity index is 1.86. The van der Waals surface area contributed by atoms with Gasteiger partial charge in [-0.2, -0.15) is 0 Å². The molecule has 0 unspecified atom stereocenters. The maximum absolute atomic E-state index is 6.28. The third kappa shape index (κ3) is 3.35. The van der Waals surface area contributed by atoms with Crippen LogP contribution in [-0.4, -0.2) is 4.98 Å². The lowest BCUT2D eigenvalue weighted by molar-refractivity contribution is 0.463. The van der Waals surface area contributed by atoms with E-state index in [0.29, 0.717) is 21.7 Å². The van der Waals surface area contributed by atoms with E-state index in [4.69, 9.17) is 27.9 Å². The average Bonchev–Trinajstić information content (AvgIpc) is 2.52. The van der Waals surface area contributed by atoms with Crippen LogP contribution in [0.15, 0.2) is 66.9 Å². The molecule has 0 N–H and O–H groups in total. The van der Waals surface area contributed by atoms with Crippen molar-refractivity contribution in [1.29, 1.82) is 0 Å². The van der Waals surface area contributed by atoms with Crippen molar-refractivity contribution < 1.29 is 4.74 Å². The summed E-state index contributed by atoms with van der Waals surface area (Å²) in [4.78, 5) is 4.08. The summed E-state index contributed by atoms with van der Waals surface area (Å²) in [6, 6.07) is 19.1. The van der Waals surface area contributed by atoms with Crippen LogP contribution in [-0.2, 0) is 0 Å². The molecule has 3 rings (SSSR count). The minimum atomic E-state index is 0.453. The molecular formula is C17H11Cl2NO. The van der Waals surface area contributed by atoms with Crippen molar-refractivity contribution in [2.75, 3.05) is 0 Å². The molecule has 0 radical (unpaired) electrons. The zero-order valence-corrected chi connectivity index (χ0v) is 12.5. The van der Waals surface area contributed by atoms with E-state index in [0.717, 1.165) is 11.1 Å². The number of aromatic nitrogens is 1. The van der Waals surface area contributed by atoms with E-state index in [-0.39, 0.29) is 0 Å². The first kappa shape index (κ1) is 13.9. The van der Waals surface area contributed by atoms with Crippen LogP contribution in [0.2, 0.25) is 10.0 Å². The Hall–Kier alpha value is -2.03. The second-order valence-corrected chi connectivity index (χ2v) is 5.27. The van der Waals surface area contributed by atoms with Gasteiger partial charge in [0.2, 0.25) is 5.88 Å². The molecule has 0 atom stereocenters. The first-order valence-corrected chi connectivity index (χ1v) is 7.12. The van der Waals surface area contributed by atoms with Gasteiger partial charge in [0.25, 0.3) is 0 Å². The fraction of sp³-hybridized carbons (Fsp3) is 0. The maximum Gasteiger partial charge on any atom is 0.219 e. The van der Waals surface area contributed by atoms with Crippen LogP contribution in [0.5, 0.6) is 11.6 Å². The zero-order chi connectivity index (χ0) is 14.7. The standard InChI is InChI=1S/C17H11Cl2NO/c18-14-7-9-17(20-11-14)21-16-8-6-13(10-15(16)19)12-4-2-1-3-5-12/h1-11H. The highest BCUT2D eigenvalue weighted by Crippen LogP contribution is 2.32. The Labute approximate surface area is 132 Å². The van der Waals surface area contributed by atoms with Crippen LogP contribution in [0.3, 0.4) is 0 Å². The molecule has 0 bridgehead atoms. The molecule has 1 aromatic heterocycles. The third-order valence-corrected chi connectivity index (χ3v) is 3.47. The highest BCUT2D eigenvalue weighted by molar-refractivity contribution is 6.32. The van der Waals surface area contributed by atoms with E-state index in [1.165, 1.54) is 6.20 Å². The number of benzene rings is 2. The fourth-order valence-electron chi connectivity index (χ4n) is 1.93. The number of halogens is 2. The molecule has 0 saturated heterocycles. The van der Waals surface area contributed by atoms with Crippen LogP contribution in [0.4, 0.5) is 0 Å². The predicted octanol–water partition coefficient (Wildman–Crippen LogP) is 5.85. The molecule has 0 spiro atoms. The molecule has 0 aliphatic heterocycles. The monoisotopic (exact) mass is 315 g/mol. The molecule has 0 amide bonds. The Morgan fingerprint density at radius 3 is 2.29 bits per heavy atom. The van der Waals surface area contributed by atoms with Crippen LogP contribution in [0.25, 0.3) is 11.1 Å². The number of nitrogens with zero attached hydrogens (tertiary/aromatic N) is 1. The summed E-state index contributed by atoms with van der Waals surface area (Å²) in [7, 11) is 0. The molecule has 3 aromatic rings. The Morgan fingerprint density at radius 1 is 0.810 bits per heavy atom. The molecule has 0 fully saturated rings. The van der Waals surface area contributed by atoms with Gasteiger partial charge in [-0.1, -0.05) is 59.6 Å². The first-order valence-electron chi connectivity index (χ1n) is 6.37. The number of hydrogen-bond donors (Lipinski definition) is 0. The Morgan fingerprint density at radius 2 is 1.62 bits per heavy atom. The largest absolute Gasteiger partial charge is 0.437 e. The van der Waals surface area contributed by atoms with Crippen molar-refractivity contribution in [3.63, 3.8) is 0 Å². The van der Waals surface area contributed by atoms with Gasteiger partial charge in [0, 0.05) is 12.3 Å². The fourth-order valence-corrected chi connectivity index (χ4v) is 2.26. The summed E-state index contributed by atoms with van der Waals surface area (Å²) in [5, 5.41) is 1.10. The lowest BCUT2D eigenvalue weighted by atomic mass is 10.1. The van der Waals surface area contributed by atoms with Gasteiger partial charge in [-0.25, -0.2) is 4.98 Å². The molecule has 2 nitrogen and oxygen atoms in total. The predicted molar refractivity (Wildman–Crippen MR) is 86.2 cm³/mol. The van der Waals surface area contributed by atoms with Crippen LogP contribution < -0.4 is 4.74 Å². The summed E-state index contributed by atoms with van der Waals surface area (Å²) in [5.41, 5.74) is 2.15. The number of pyridine rings is 1. The molecule has 0 saturated carbocycles. The van der Waals surface area contributed by atoms with Gasteiger partial charge >= 0.3 is 0 Å². The highest BCUT2D eigenvalue weighted by atomic mass is 35.5. The van der Waals surface area contributed by atoms with Gasteiger partial charge in [0.15, 0.2) is 0 Å². The number of hydrogen-bond acceptors (Lipinski definition) is 2. The molecule has 4 heteroatoms.